The summed E-state index contributed by atoms with van der Waals surface area (Å²) in [6.07, 6.45) is 11.4. The smallest absolute Gasteiger partial charge is 0.0892 e. The van der Waals surface area contributed by atoms with Gasteiger partial charge in [-0.05, 0) is 19.4 Å². The van der Waals surface area contributed by atoms with E-state index >= 15 is 0 Å². The summed E-state index contributed by atoms with van der Waals surface area (Å²) < 4.78 is 1.86. The van der Waals surface area contributed by atoms with Crippen LogP contribution in [0.1, 0.15) is 31.4 Å². The van der Waals surface area contributed by atoms with E-state index in [0.29, 0.717) is 6.04 Å². The van der Waals surface area contributed by atoms with Crippen molar-refractivity contribution in [2.24, 2.45) is 0 Å². The first-order valence-electron chi connectivity index (χ1n) is 5.98. The van der Waals surface area contributed by atoms with Gasteiger partial charge in [-0.1, -0.05) is 13.0 Å². The molecule has 0 fully saturated rings. The molecule has 0 amide bonds. The second-order valence-electron chi connectivity index (χ2n) is 3.98. The Labute approximate surface area is 101 Å². The molecule has 0 saturated carbocycles. The third kappa shape index (κ3) is 2.53. The molecule has 1 N–H and O–H groups in total. The molecule has 0 aliphatic carbocycles. The molecule has 2 aromatic rings. The lowest BCUT2D eigenvalue weighted by Crippen LogP contribution is -2.20. The first-order valence-corrected chi connectivity index (χ1v) is 5.98. The molecule has 0 saturated heterocycles. The van der Waals surface area contributed by atoms with Crippen LogP contribution in [0.2, 0.25) is 0 Å². The van der Waals surface area contributed by atoms with Crippen LogP contribution in [0.5, 0.6) is 0 Å². The number of aromatic nitrogens is 3. The molecule has 17 heavy (non-hydrogen) atoms. The van der Waals surface area contributed by atoms with Gasteiger partial charge in [-0.2, -0.15) is 5.10 Å². The summed E-state index contributed by atoms with van der Waals surface area (Å²) in [6.45, 7) is 6.84. The SMILES string of the molecule is C=CCCC(NCC)c1cnn2ccncc12. The van der Waals surface area contributed by atoms with Gasteiger partial charge >= 0.3 is 0 Å². The average Bonchev–Trinajstić information content (AvgIpc) is 2.78. The van der Waals surface area contributed by atoms with Gasteiger partial charge in [0.1, 0.15) is 0 Å². The van der Waals surface area contributed by atoms with Gasteiger partial charge in [0.2, 0.25) is 0 Å². The number of hydrogen-bond acceptors (Lipinski definition) is 3. The molecule has 0 aromatic carbocycles. The van der Waals surface area contributed by atoms with Gasteiger partial charge < -0.3 is 5.32 Å². The zero-order valence-electron chi connectivity index (χ0n) is 10.1. The van der Waals surface area contributed by atoms with Crippen LogP contribution < -0.4 is 5.32 Å². The molecule has 0 aliphatic heterocycles. The summed E-state index contributed by atoms with van der Waals surface area (Å²) in [7, 11) is 0. The number of allylic oxidation sites excluding steroid dienone is 1. The lowest BCUT2D eigenvalue weighted by atomic mass is 10.0. The van der Waals surface area contributed by atoms with E-state index < -0.39 is 0 Å². The van der Waals surface area contributed by atoms with Crippen molar-refractivity contribution < 1.29 is 0 Å². The highest BCUT2D eigenvalue weighted by Gasteiger charge is 2.14. The van der Waals surface area contributed by atoms with Gasteiger partial charge in [0.25, 0.3) is 0 Å². The normalized spacial score (nSPS) is 12.8. The molecular weight excluding hydrogens is 212 g/mol. The molecule has 4 heteroatoms. The van der Waals surface area contributed by atoms with E-state index in [1.807, 2.05) is 29.2 Å². The first-order chi connectivity index (χ1) is 8.36. The predicted octanol–water partition coefficient (Wildman–Crippen LogP) is 2.35. The number of hydrogen-bond donors (Lipinski definition) is 1. The molecule has 90 valence electrons. The van der Waals surface area contributed by atoms with Crippen molar-refractivity contribution in [2.45, 2.75) is 25.8 Å². The van der Waals surface area contributed by atoms with Crippen LogP contribution in [-0.4, -0.2) is 21.1 Å². The molecular formula is C13H18N4. The standard InChI is InChI=1S/C13H18N4/c1-3-5-6-12(15-4-2)11-9-16-17-8-7-14-10-13(11)17/h3,7-10,12,15H,1,4-6H2,2H3. The molecule has 2 rings (SSSR count). The Kier molecular flexibility index (Phi) is 3.88. The Morgan fingerprint density at radius 1 is 1.53 bits per heavy atom. The third-order valence-corrected chi connectivity index (χ3v) is 2.84. The van der Waals surface area contributed by atoms with Crippen molar-refractivity contribution in [3.8, 4) is 0 Å². The van der Waals surface area contributed by atoms with E-state index in [1.165, 1.54) is 5.56 Å². The molecule has 2 heterocycles. The summed E-state index contributed by atoms with van der Waals surface area (Å²) in [6, 6.07) is 0.319. The molecule has 0 radical (unpaired) electrons. The Balaban J connectivity index is 2.30. The fourth-order valence-corrected chi connectivity index (χ4v) is 2.02. The second-order valence-corrected chi connectivity index (χ2v) is 3.98. The number of nitrogens with one attached hydrogen (secondary N) is 1. The Bertz CT molecular complexity index is 489. The van der Waals surface area contributed by atoms with Gasteiger partial charge in [-0.3, -0.25) is 4.98 Å². The van der Waals surface area contributed by atoms with Crippen molar-refractivity contribution in [3.05, 3.63) is 43.0 Å². The minimum Gasteiger partial charge on any atom is -0.310 e. The average molecular weight is 230 g/mol. The van der Waals surface area contributed by atoms with Crippen molar-refractivity contribution in [1.82, 2.24) is 19.9 Å². The van der Waals surface area contributed by atoms with Crippen LogP contribution in [0.15, 0.2) is 37.4 Å². The Morgan fingerprint density at radius 3 is 3.18 bits per heavy atom. The molecule has 0 spiro atoms. The monoisotopic (exact) mass is 230 g/mol. The maximum Gasteiger partial charge on any atom is 0.0892 e. The highest BCUT2D eigenvalue weighted by Crippen LogP contribution is 2.22. The van der Waals surface area contributed by atoms with E-state index in [0.717, 1.165) is 24.9 Å². The molecule has 0 bridgehead atoms. The van der Waals surface area contributed by atoms with E-state index in [2.05, 4.69) is 28.9 Å². The van der Waals surface area contributed by atoms with Crippen LogP contribution in [0.4, 0.5) is 0 Å². The lowest BCUT2D eigenvalue weighted by Gasteiger charge is -2.15. The van der Waals surface area contributed by atoms with Crippen LogP contribution in [0.25, 0.3) is 5.52 Å². The molecule has 1 atom stereocenters. The Morgan fingerprint density at radius 2 is 2.41 bits per heavy atom. The van der Waals surface area contributed by atoms with E-state index in [-0.39, 0.29) is 0 Å². The maximum atomic E-state index is 4.34. The molecule has 1 unspecified atom stereocenters. The summed E-state index contributed by atoms with van der Waals surface area (Å²) in [5.41, 5.74) is 2.28. The first kappa shape index (κ1) is 11.8. The zero-order valence-corrected chi connectivity index (χ0v) is 10.1. The highest BCUT2D eigenvalue weighted by atomic mass is 15.2. The van der Waals surface area contributed by atoms with Crippen LogP contribution >= 0.6 is 0 Å². The summed E-state index contributed by atoms with van der Waals surface area (Å²) >= 11 is 0. The minimum atomic E-state index is 0.319. The molecule has 4 nitrogen and oxygen atoms in total. The van der Waals surface area contributed by atoms with Crippen LogP contribution in [0.3, 0.4) is 0 Å². The van der Waals surface area contributed by atoms with Crippen molar-refractivity contribution in [1.29, 1.82) is 0 Å². The van der Waals surface area contributed by atoms with Crippen LogP contribution in [0, 0.1) is 0 Å². The summed E-state index contributed by atoms with van der Waals surface area (Å²) in [5.74, 6) is 0. The maximum absolute atomic E-state index is 4.34. The molecule has 2 aromatic heterocycles. The second kappa shape index (κ2) is 5.59. The number of fused-ring (bicyclic) bond motifs is 1. The van der Waals surface area contributed by atoms with Gasteiger partial charge in [-0.25, -0.2) is 4.52 Å². The minimum absolute atomic E-state index is 0.319. The van der Waals surface area contributed by atoms with Gasteiger partial charge in [0.05, 0.1) is 17.9 Å². The number of rotatable bonds is 6. The highest BCUT2D eigenvalue weighted by molar-refractivity contribution is 5.53. The lowest BCUT2D eigenvalue weighted by molar-refractivity contribution is 0.522. The third-order valence-electron chi connectivity index (χ3n) is 2.84. The van der Waals surface area contributed by atoms with Gasteiger partial charge in [-0.15, -0.1) is 6.58 Å². The quantitative estimate of drug-likeness (QED) is 0.774. The Hall–Kier alpha value is -1.68. The van der Waals surface area contributed by atoms with E-state index in [1.54, 1.807) is 6.20 Å². The predicted molar refractivity (Wildman–Crippen MR) is 68.8 cm³/mol. The van der Waals surface area contributed by atoms with Crippen molar-refractivity contribution in [2.75, 3.05) is 6.54 Å². The summed E-state index contributed by atoms with van der Waals surface area (Å²) in [5, 5.41) is 7.82. The topological polar surface area (TPSA) is 42.2 Å². The van der Waals surface area contributed by atoms with Gasteiger partial charge in [0.15, 0.2) is 0 Å². The largest absolute Gasteiger partial charge is 0.310 e. The van der Waals surface area contributed by atoms with Crippen molar-refractivity contribution >= 4 is 5.52 Å². The zero-order chi connectivity index (χ0) is 12.1. The van der Waals surface area contributed by atoms with Gasteiger partial charge in [0, 0.05) is 24.0 Å². The van der Waals surface area contributed by atoms with E-state index in [4.69, 9.17) is 0 Å². The molecule has 0 aliphatic rings. The van der Waals surface area contributed by atoms with E-state index in [9.17, 15) is 0 Å². The fourth-order valence-electron chi connectivity index (χ4n) is 2.02. The fraction of sp³-hybridized carbons (Fsp3) is 0.385. The van der Waals surface area contributed by atoms with Crippen molar-refractivity contribution in [3.63, 3.8) is 0 Å². The number of nitrogens with zero attached hydrogens (tertiary/aromatic N) is 3. The summed E-state index contributed by atoms with van der Waals surface area (Å²) in [4.78, 5) is 4.16. The van der Waals surface area contributed by atoms with Crippen LogP contribution in [-0.2, 0) is 0 Å².